The average Bonchev–Trinajstić information content (AvgIpc) is 2.48. The van der Waals surface area contributed by atoms with E-state index in [-0.39, 0.29) is 17.6 Å². The fraction of sp³-hybridized carbons (Fsp3) is 0.250. The topological polar surface area (TPSA) is 41.5 Å². The Kier molecular flexibility index (Phi) is 5.20. The molecule has 0 radical (unpaired) electrons. The predicted octanol–water partition coefficient (Wildman–Crippen LogP) is 4.15. The molecule has 0 heterocycles. The minimum atomic E-state index is -0.241. The summed E-state index contributed by atoms with van der Waals surface area (Å²) in [5.41, 5.74) is 1.85. The molecular weight excluding hydrogens is 337 g/mol. The number of aromatic hydroxyl groups is 1. The Hall–Kier alpha value is -1.59. The van der Waals surface area contributed by atoms with Crippen LogP contribution in [0.4, 0.5) is 4.39 Å². The van der Waals surface area contributed by atoms with Gasteiger partial charge in [-0.15, -0.1) is 0 Å². The Morgan fingerprint density at radius 1 is 1.33 bits per heavy atom. The third kappa shape index (κ3) is 3.95. The first-order valence-corrected chi connectivity index (χ1v) is 7.34. The van der Waals surface area contributed by atoms with Crippen molar-refractivity contribution in [3.8, 4) is 11.5 Å². The third-order valence-electron chi connectivity index (χ3n) is 3.27. The lowest BCUT2D eigenvalue weighted by atomic mass is 10.1. The number of hydrogen-bond donors (Lipinski definition) is 2. The average molecular weight is 354 g/mol. The number of phenols is 1. The first-order valence-electron chi connectivity index (χ1n) is 6.55. The molecule has 0 spiro atoms. The highest BCUT2D eigenvalue weighted by Gasteiger charge is 2.10. The van der Waals surface area contributed by atoms with Gasteiger partial charge in [-0.3, -0.25) is 0 Å². The number of phenolic OH excluding ortho intramolecular Hbond substituents is 1. The van der Waals surface area contributed by atoms with E-state index in [1.807, 2.05) is 19.1 Å². The predicted molar refractivity (Wildman–Crippen MR) is 84.0 cm³/mol. The van der Waals surface area contributed by atoms with Crippen LogP contribution in [-0.4, -0.2) is 12.2 Å². The van der Waals surface area contributed by atoms with E-state index in [1.54, 1.807) is 12.1 Å². The molecule has 2 aromatic rings. The summed E-state index contributed by atoms with van der Waals surface area (Å²) in [6.45, 7) is 2.55. The van der Waals surface area contributed by atoms with Gasteiger partial charge in [0.15, 0.2) is 11.5 Å². The van der Waals surface area contributed by atoms with Gasteiger partial charge >= 0.3 is 0 Å². The third-order valence-corrected chi connectivity index (χ3v) is 3.87. The summed E-state index contributed by atoms with van der Waals surface area (Å²) in [6.07, 6.45) is 0. The molecule has 112 valence electrons. The van der Waals surface area contributed by atoms with E-state index < -0.39 is 0 Å². The Morgan fingerprint density at radius 2 is 2.10 bits per heavy atom. The maximum Gasteiger partial charge on any atom is 0.172 e. The van der Waals surface area contributed by atoms with Crippen molar-refractivity contribution in [2.24, 2.45) is 0 Å². The van der Waals surface area contributed by atoms with Crippen LogP contribution in [0.5, 0.6) is 11.5 Å². The molecule has 2 aromatic carbocycles. The fourth-order valence-corrected chi connectivity index (χ4v) is 2.54. The van der Waals surface area contributed by atoms with Crippen molar-refractivity contribution in [3.05, 3.63) is 57.8 Å². The van der Waals surface area contributed by atoms with Crippen molar-refractivity contribution in [2.75, 3.05) is 7.11 Å². The van der Waals surface area contributed by atoms with E-state index >= 15 is 0 Å². The second-order valence-electron chi connectivity index (χ2n) is 4.79. The number of benzene rings is 2. The van der Waals surface area contributed by atoms with Crippen molar-refractivity contribution in [1.29, 1.82) is 0 Å². The van der Waals surface area contributed by atoms with Crippen LogP contribution in [0.3, 0.4) is 0 Å². The molecule has 0 aliphatic rings. The van der Waals surface area contributed by atoms with Crippen LogP contribution in [0, 0.1) is 5.82 Å². The molecule has 0 fully saturated rings. The SMILES string of the molecule is COc1cc(CN[C@@H](C)c2cccc(F)c2)cc(Br)c1O. The summed E-state index contributed by atoms with van der Waals surface area (Å²) in [6, 6.07) is 10.1. The van der Waals surface area contributed by atoms with Crippen molar-refractivity contribution in [1.82, 2.24) is 5.32 Å². The van der Waals surface area contributed by atoms with Gasteiger partial charge in [0, 0.05) is 12.6 Å². The molecule has 21 heavy (non-hydrogen) atoms. The Balaban J connectivity index is 2.08. The summed E-state index contributed by atoms with van der Waals surface area (Å²) in [4.78, 5) is 0. The Bertz CT molecular complexity index is 634. The largest absolute Gasteiger partial charge is 0.503 e. The van der Waals surface area contributed by atoms with Crippen LogP contribution < -0.4 is 10.1 Å². The number of ether oxygens (including phenoxy) is 1. The van der Waals surface area contributed by atoms with Crippen LogP contribution in [0.2, 0.25) is 0 Å². The zero-order valence-corrected chi connectivity index (χ0v) is 13.4. The standard InChI is InChI=1S/C16H17BrFNO2/c1-10(12-4-3-5-13(18)8-12)19-9-11-6-14(17)16(20)15(7-11)21-2/h3-8,10,19-20H,9H2,1-2H3/t10-/m0/s1. The molecule has 1 atom stereocenters. The number of hydrogen-bond acceptors (Lipinski definition) is 3. The van der Waals surface area contributed by atoms with Crippen LogP contribution in [0.15, 0.2) is 40.9 Å². The molecular formula is C16H17BrFNO2. The second kappa shape index (κ2) is 6.91. The first-order chi connectivity index (χ1) is 10.0. The van der Waals surface area contributed by atoms with E-state index in [0.717, 1.165) is 11.1 Å². The highest BCUT2D eigenvalue weighted by molar-refractivity contribution is 9.10. The van der Waals surface area contributed by atoms with Crippen LogP contribution in [-0.2, 0) is 6.54 Å². The van der Waals surface area contributed by atoms with Gasteiger partial charge in [0.25, 0.3) is 0 Å². The zero-order chi connectivity index (χ0) is 15.4. The number of rotatable bonds is 5. The summed E-state index contributed by atoms with van der Waals surface area (Å²) >= 11 is 3.29. The van der Waals surface area contributed by atoms with Gasteiger partial charge in [-0.05, 0) is 58.2 Å². The molecule has 2 N–H and O–H groups in total. The van der Waals surface area contributed by atoms with Crippen LogP contribution in [0.1, 0.15) is 24.1 Å². The van der Waals surface area contributed by atoms with Crippen molar-refractivity contribution >= 4 is 15.9 Å². The van der Waals surface area contributed by atoms with Gasteiger partial charge in [0.2, 0.25) is 0 Å². The summed E-state index contributed by atoms with van der Waals surface area (Å²) < 4.78 is 18.9. The molecule has 0 amide bonds. The Labute approximate surface area is 131 Å². The summed E-state index contributed by atoms with van der Waals surface area (Å²) in [5.74, 6) is 0.259. The smallest absolute Gasteiger partial charge is 0.172 e. The van der Waals surface area contributed by atoms with Crippen LogP contribution in [0.25, 0.3) is 0 Å². The summed E-state index contributed by atoms with van der Waals surface area (Å²) in [5, 5.41) is 13.1. The highest BCUT2D eigenvalue weighted by Crippen LogP contribution is 2.35. The molecule has 0 aromatic heterocycles. The maximum atomic E-state index is 13.2. The van der Waals surface area contributed by atoms with Gasteiger partial charge in [-0.2, -0.15) is 0 Å². The lowest BCUT2D eigenvalue weighted by Gasteiger charge is -2.15. The van der Waals surface area contributed by atoms with Gasteiger partial charge in [0.05, 0.1) is 11.6 Å². The molecule has 0 unspecified atom stereocenters. The number of methoxy groups -OCH3 is 1. The molecule has 2 rings (SSSR count). The minimum Gasteiger partial charge on any atom is -0.503 e. The van der Waals surface area contributed by atoms with E-state index in [1.165, 1.54) is 19.2 Å². The normalized spacial score (nSPS) is 12.2. The van der Waals surface area contributed by atoms with Gasteiger partial charge < -0.3 is 15.2 Å². The van der Waals surface area contributed by atoms with E-state index in [2.05, 4.69) is 21.2 Å². The van der Waals surface area contributed by atoms with E-state index in [0.29, 0.717) is 16.8 Å². The lowest BCUT2D eigenvalue weighted by molar-refractivity contribution is 0.371. The molecule has 0 aliphatic carbocycles. The summed E-state index contributed by atoms with van der Waals surface area (Å²) in [7, 11) is 1.51. The van der Waals surface area contributed by atoms with Gasteiger partial charge in [0.1, 0.15) is 5.82 Å². The monoisotopic (exact) mass is 353 g/mol. The van der Waals surface area contributed by atoms with Crippen molar-refractivity contribution < 1.29 is 14.2 Å². The highest BCUT2D eigenvalue weighted by atomic mass is 79.9. The van der Waals surface area contributed by atoms with E-state index in [4.69, 9.17) is 4.74 Å². The fourth-order valence-electron chi connectivity index (χ4n) is 2.05. The minimum absolute atomic E-state index is 0.0132. The van der Waals surface area contributed by atoms with Crippen molar-refractivity contribution in [2.45, 2.75) is 19.5 Å². The van der Waals surface area contributed by atoms with Gasteiger partial charge in [-0.25, -0.2) is 4.39 Å². The quantitative estimate of drug-likeness (QED) is 0.848. The molecule has 0 bridgehead atoms. The first kappa shape index (κ1) is 15.8. The lowest BCUT2D eigenvalue weighted by Crippen LogP contribution is -2.18. The molecule has 0 saturated heterocycles. The van der Waals surface area contributed by atoms with E-state index in [9.17, 15) is 9.50 Å². The van der Waals surface area contributed by atoms with Crippen molar-refractivity contribution in [3.63, 3.8) is 0 Å². The number of nitrogens with one attached hydrogen (secondary N) is 1. The Morgan fingerprint density at radius 3 is 2.76 bits per heavy atom. The number of halogens is 2. The molecule has 5 heteroatoms. The molecule has 0 saturated carbocycles. The van der Waals surface area contributed by atoms with Gasteiger partial charge in [-0.1, -0.05) is 12.1 Å². The maximum absolute atomic E-state index is 13.2. The molecule has 0 aliphatic heterocycles. The molecule has 3 nitrogen and oxygen atoms in total. The zero-order valence-electron chi connectivity index (χ0n) is 11.9. The second-order valence-corrected chi connectivity index (χ2v) is 5.64. The van der Waals surface area contributed by atoms with Crippen LogP contribution >= 0.6 is 15.9 Å².